The van der Waals surface area contributed by atoms with Crippen LogP contribution in [0.1, 0.15) is 39.8 Å². The summed E-state index contributed by atoms with van der Waals surface area (Å²) in [6.07, 6.45) is 0.722. The maximum absolute atomic E-state index is 12.7. The molecule has 0 amide bonds. The van der Waals surface area contributed by atoms with Gasteiger partial charge in [0.05, 0.1) is 18.1 Å². The smallest absolute Gasteiger partial charge is 0.174 e. The van der Waals surface area contributed by atoms with Gasteiger partial charge >= 0.3 is 0 Å². The molecule has 0 fully saturated rings. The standard InChI is InChI=1S/C16H16O3/c1-10-9-14(11(2)19-10)16(17)13-7-8-18-15-6-4-3-5-12(13)15/h3-6,9,13H,7-8H2,1-2H3. The van der Waals surface area contributed by atoms with Gasteiger partial charge in [-0.05, 0) is 32.4 Å². The molecular weight excluding hydrogens is 240 g/mol. The van der Waals surface area contributed by atoms with Crippen LogP contribution in [0, 0.1) is 13.8 Å². The minimum Gasteiger partial charge on any atom is -0.493 e. The van der Waals surface area contributed by atoms with Crippen molar-refractivity contribution in [1.29, 1.82) is 0 Å². The van der Waals surface area contributed by atoms with Crippen molar-refractivity contribution in [2.24, 2.45) is 0 Å². The summed E-state index contributed by atoms with van der Waals surface area (Å²) in [7, 11) is 0. The van der Waals surface area contributed by atoms with E-state index < -0.39 is 0 Å². The molecule has 2 aromatic rings. The average molecular weight is 256 g/mol. The summed E-state index contributed by atoms with van der Waals surface area (Å²) in [5.74, 6) is 2.31. The van der Waals surface area contributed by atoms with E-state index in [-0.39, 0.29) is 11.7 Å². The monoisotopic (exact) mass is 256 g/mol. The third-order valence-corrected chi connectivity index (χ3v) is 3.58. The molecule has 1 aliphatic heterocycles. The van der Waals surface area contributed by atoms with Gasteiger partial charge in [0, 0.05) is 5.56 Å². The topological polar surface area (TPSA) is 39.4 Å². The molecule has 1 aromatic heterocycles. The Hall–Kier alpha value is -2.03. The Morgan fingerprint density at radius 1 is 1.26 bits per heavy atom. The number of para-hydroxylation sites is 1. The van der Waals surface area contributed by atoms with Crippen LogP contribution >= 0.6 is 0 Å². The second-order valence-corrected chi connectivity index (χ2v) is 4.92. The Balaban J connectivity index is 2.00. The lowest BCUT2D eigenvalue weighted by molar-refractivity contribution is 0.0931. The number of carbonyl (C=O) groups is 1. The molecular formula is C16H16O3. The zero-order valence-electron chi connectivity index (χ0n) is 11.1. The molecule has 3 heteroatoms. The van der Waals surface area contributed by atoms with Crippen molar-refractivity contribution in [3.05, 3.63) is 53.0 Å². The number of rotatable bonds is 2. The average Bonchev–Trinajstić information content (AvgIpc) is 2.76. The Kier molecular flexibility index (Phi) is 2.90. The Labute approximate surface area is 112 Å². The van der Waals surface area contributed by atoms with Gasteiger partial charge in [-0.1, -0.05) is 18.2 Å². The largest absolute Gasteiger partial charge is 0.493 e. The van der Waals surface area contributed by atoms with Gasteiger partial charge in [0.25, 0.3) is 0 Å². The normalized spacial score (nSPS) is 17.7. The van der Waals surface area contributed by atoms with Crippen molar-refractivity contribution in [3.8, 4) is 5.75 Å². The molecule has 0 radical (unpaired) electrons. The maximum Gasteiger partial charge on any atom is 0.174 e. The van der Waals surface area contributed by atoms with E-state index >= 15 is 0 Å². The molecule has 0 saturated carbocycles. The first-order valence-corrected chi connectivity index (χ1v) is 6.50. The van der Waals surface area contributed by atoms with Gasteiger partial charge < -0.3 is 9.15 Å². The second kappa shape index (κ2) is 4.57. The molecule has 0 saturated heterocycles. The van der Waals surface area contributed by atoms with Crippen LogP contribution in [-0.2, 0) is 0 Å². The van der Waals surface area contributed by atoms with E-state index in [1.807, 2.05) is 44.2 Å². The third-order valence-electron chi connectivity index (χ3n) is 3.58. The fourth-order valence-corrected chi connectivity index (χ4v) is 2.68. The maximum atomic E-state index is 12.7. The summed E-state index contributed by atoms with van der Waals surface area (Å²) >= 11 is 0. The fourth-order valence-electron chi connectivity index (χ4n) is 2.68. The first-order chi connectivity index (χ1) is 9.16. The van der Waals surface area contributed by atoms with E-state index in [2.05, 4.69) is 0 Å². The Bertz CT molecular complexity index is 625. The molecule has 0 bridgehead atoms. The number of ketones is 1. The molecule has 1 unspecified atom stereocenters. The number of Topliss-reactive ketones (excluding diaryl/α,β-unsaturated/α-hetero) is 1. The molecule has 0 aliphatic carbocycles. The van der Waals surface area contributed by atoms with Crippen molar-refractivity contribution >= 4 is 5.78 Å². The zero-order chi connectivity index (χ0) is 13.4. The summed E-state index contributed by atoms with van der Waals surface area (Å²) in [4.78, 5) is 12.7. The van der Waals surface area contributed by atoms with Crippen molar-refractivity contribution < 1.29 is 13.9 Å². The van der Waals surface area contributed by atoms with Crippen molar-refractivity contribution in [2.75, 3.05) is 6.61 Å². The van der Waals surface area contributed by atoms with Crippen molar-refractivity contribution in [1.82, 2.24) is 0 Å². The van der Waals surface area contributed by atoms with Crippen LogP contribution in [0.25, 0.3) is 0 Å². The van der Waals surface area contributed by atoms with E-state index in [1.165, 1.54) is 0 Å². The third kappa shape index (κ3) is 2.05. The zero-order valence-corrected chi connectivity index (χ0v) is 11.1. The number of aryl methyl sites for hydroxylation is 2. The highest BCUT2D eigenvalue weighted by Crippen LogP contribution is 2.36. The molecule has 3 nitrogen and oxygen atoms in total. The van der Waals surface area contributed by atoms with Crippen LogP contribution in [-0.4, -0.2) is 12.4 Å². The van der Waals surface area contributed by atoms with E-state index in [4.69, 9.17) is 9.15 Å². The van der Waals surface area contributed by atoms with E-state index in [0.29, 0.717) is 17.9 Å². The first kappa shape index (κ1) is 12.0. The lowest BCUT2D eigenvalue weighted by atomic mass is 9.86. The molecule has 1 aromatic carbocycles. The molecule has 1 aliphatic rings. The van der Waals surface area contributed by atoms with Crippen molar-refractivity contribution in [2.45, 2.75) is 26.2 Å². The lowest BCUT2D eigenvalue weighted by Crippen LogP contribution is -2.21. The highest BCUT2D eigenvalue weighted by Gasteiger charge is 2.30. The Morgan fingerprint density at radius 2 is 2.05 bits per heavy atom. The van der Waals surface area contributed by atoms with Crippen LogP contribution in [0.4, 0.5) is 0 Å². The summed E-state index contributed by atoms with van der Waals surface area (Å²) < 4.78 is 11.1. The molecule has 0 spiro atoms. The van der Waals surface area contributed by atoms with Crippen LogP contribution in [0.15, 0.2) is 34.7 Å². The van der Waals surface area contributed by atoms with Crippen molar-refractivity contribution in [3.63, 3.8) is 0 Å². The van der Waals surface area contributed by atoms with Crippen LogP contribution in [0.2, 0.25) is 0 Å². The van der Waals surface area contributed by atoms with Gasteiger partial charge in [-0.15, -0.1) is 0 Å². The summed E-state index contributed by atoms with van der Waals surface area (Å²) in [5, 5.41) is 0. The number of fused-ring (bicyclic) bond motifs is 1. The number of hydrogen-bond donors (Lipinski definition) is 0. The Morgan fingerprint density at radius 3 is 2.79 bits per heavy atom. The minimum absolute atomic E-state index is 0.124. The number of furan rings is 1. The fraction of sp³-hybridized carbons (Fsp3) is 0.312. The molecule has 98 valence electrons. The van der Waals surface area contributed by atoms with Gasteiger partial charge in [-0.2, -0.15) is 0 Å². The predicted octanol–water partition coefficient (Wildman–Crippen LogP) is 3.65. The first-order valence-electron chi connectivity index (χ1n) is 6.50. The van der Waals surface area contributed by atoms with Crippen LogP contribution in [0.3, 0.4) is 0 Å². The number of carbonyl (C=O) groups excluding carboxylic acids is 1. The summed E-state index contributed by atoms with van der Waals surface area (Å²) in [6.45, 7) is 4.29. The van der Waals surface area contributed by atoms with Crippen LogP contribution in [0.5, 0.6) is 5.75 Å². The van der Waals surface area contributed by atoms with E-state index in [9.17, 15) is 4.79 Å². The molecule has 3 rings (SSSR count). The minimum atomic E-state index is -0.124. The summed E-state index contributed by atoms with van der Waals surface area (Å²) in [5.41, 5.74) is 1.68. The highest BCUT2D eigenvalue weighted by molar-refractivity contribution is 6.02. The number of benzene rings is 1. The lowest BCUT2D eigenvalue weighted by Gasteiger charge is -2.24. The summed E-state index contributed by atoms with van der Waals surface area (Å²) in [6, 6.07) is 9.59. The number of ether oxygens (including phenoxy) is 1. The molecule has 1 atom stereocenters. The molecule has 0 N–H and O–H groups in total. The quantitative estimate of drug-likeness (QED) is 0.770. The predicted molar refractivity (Wildman–Crippen MR) is 71.8 cm³/mol. The van der Waals surface area contributed by atoms with Gasteiger partial charge in [0.15, 0.2) is 5.78 Å². The number of hydrogen-bond acceptors (Lipinski definition) is 3. The van der Waals surface area contributed by atoms with E-state index in [0.717, 1.165) is 23.5 Å². The highest BCUT2D eigenvalue weighted by atomic mass is 16.5. The van der Waals surface area contributed by atoms with Gasteiger partial charge in [-0.3, -0.25) is 4.79 Å². The second-order valence-electron chi connectivity index (χ2n) is 4.92. The molecule has 19 heavy (non-hydrogen) atoms. The SMILES string of the molecule is Cc1cc(C(=O)C2CCOc3ccccc32)c(C)o1. The molecule has 2 heterocycles. The van der Waals surface area contributed by atoms with Gasteiger partial charge in [0.2, 0.25) is 0 Å². The van der Waals surface area contributed by atoms with E-state index in [1.54, 1.807) is 0 Å². The van der Waals surface area contributed by atoms with Crippen LogP contribution < -0.4 is 4.74 Å². The van der Waals surface area contributed by atoms with Gasteiger partial charge in [-0.25, -0.2) is 0 Å². The van der Waals surface area contributed by atoms with Gasteiger partial charge in [0.1, 0.15) is 17.3 Å².